The Kier molecular flexibility index (Phi) is 4.54. The van der Waals surface area contributed by atoms with E-state index in [-0.39, 0.29) is 0 Å². The normalized spacial score (nSPS) is 10.5. The quantitative estimate of drug-likeness (QED) is 0.383. The lowest BCUT2D eigenvalue weighted by Gasteiger charge is -1.96. The van der Waals surface area contributed by atoms with Gasteiger partial charge >= 0.3 is 0 Å². The molecule has 1 aromatic carbocycles. The fraction of sp³-hybridized carbons (Fsp3) is 0.273. The maximum Gasteiger partial charge on any atom is 0.232 e. The summed E-state index contributed by atoms with van der Waals surface area (Å²) in [5.41, 5.74) is 1.34. The van der Waals surface area contributed by atoms with Crippen molar-refractivity contribution < 1.29 is 4.79 Å². The molecule has 1 aromatic rings. The second kappa shape index (κ2) is 6.12. The predicted molar refractivity (Wildman–Crippen MR) is 53.9 cm³/mol. The van der Waals surface area contributed by atoms with Gasteiger partial charge in [0.15, 0.2) is 0 Å². The molecule has 0 N–H and O–H groups in total. The van der Waals surface area contributed by atoms with Crippen LogP contribution in [0.4, 0.5) is 0 Å². The van der Waals surface area contributed by atoms with E-state index < -0.39 is 0 Å². The number of carbonyl (C=O) groups excluding carboxylic acids is 1. The minimum absolute atomic E-state index is 0.572. The van der Waals surface area contributed by atoms with Crippen LogP contribution in [0.3, 0.4) is 0 Å². The minimum Gasteiger partial charge on any atom is -0.276 e. The molecular weight excluding hydrogens is 162 g/mol. The van der Waals surface area contributed by atoms with Crippen molar-refractivity contribution in [3.8, 4) is 0 Å². The Morgan fingerprint density at radius 1 is 1.23 bits per heavy atom. The smallest absolute Gasteiger partial charge is 0.232 e. The van der Waals surface area contributed by atoms with Crippen LogP contribution >= 0.6 is 0 Å². The summed E-state index contributed by atoms with van der Waals surface area (Å²) in [6.07, 6.45) is 5.19. The van der Waals surface area contributed by atoms with Gasteiger partial charge in [-0.05, 0) is 24.8 Å². The number of benzene rings is 1. The van der Waals surface area contributed by atoms with Crippen molar-refractivity contribution in [1.29, 1.82) is 0 Å². The molecule has 0 radical (unpaired) electrons. The number of amides is 1. The molecule has 13 heavy (non-hydrogen) atoms. The Balaban J connectivity index is 2.20. The third-order valence-corrected chi connectivity index (χ3v) is 1.81. The van der Waals surface area contributed by atoms with Gasteiger partial charge in [0.05, 0.1) is 0 Å². The highest BCUT2D eigenvalue weighted by Gasteiger charge is 1.89. The summed E-state index contributed by atoms with van der Waals surface area (Å²) in [5, 5.41) is 0. The Hall–Kier alpha value is -1.44. The lowest BCUT2D eigenvalue weighted by atomic mass is 10.1. The van der Waals surface area contributed by atoms with Crippen LogP contribution in [0.2, 0.25) is 0 Å². The lowest BCUT2D eigenvalue weighted by molar-refractivity contribution is -0.106. The maximum atomic E-state index is 9.84. The van der Waals surface area contributed by atoms with Crippen molar-refractivity contribution in [1.82, 2.24) is 0 Å². The highest BCUT2D eigenvalue weighted by Crippen LogP contribution is 2.03. The number of hydrogen-bond acceptors (Lipinski definition) is 1. The predicted octanol–water partition coefficient (Wildman–Crippen LogP) is 2.24. The number of unbranched alkanes of at least 4 members (excludes halogenated alkanes) is 1. The second-order valence-corrected chi connectivity index (χ2v) is 2.81. The number of aryl methyl sites for hydroxylation is 1. The van der Waals surface area contributed by atoms with Gasteiger partial charge in [0.1, 0.15) is 0 Å². The first kappa shape index (κ1) is 9.65. The van der Waals surface area contributed by atoms with Gasteiger partial charge in [-0.2, -0.15) is 0 Å². The van der Waals surface area contributed by atoms with Crippen LogP contribution in [0.1, 0.15) is 18.4 Å². The van der Waals surface area contributed by atoms with E-state index >= 15 is 0 Å². The fourth-order valence-electron chi connectivity index (χ4n) is 1.16. The molecule has 0 aliphatic heterocycles. The first-order valence-electron chi connectivity index (χ1n) is 4.42. The molecule has 0 heterocycles. The summed E-state index contributed by atoms with van der Waals surface area (Å²) >= 11 is 0. The average Bonchev–Trinajstić information content (AvgIpc) is 2.19. The molecule has 0 unspecified atom stereocenters. The van der Waals surface area contributed by atoms with Crippen LogP contribution < -0.4 is 0 Å². The number of rotatable bonds is 5. The van der Waals surface area contributed by atoms with E-state index in [1.807, 2.05) is 18.2 Å². The molecule has 0 aliphatic carbocycles. The Labute approximate surface area is 78.3 Å². The van der Waals surface area contributed by atoms with E-state index in [4.69, 9.17) is 0 Å². The van der Waals surface area contributed by atoms with E-state index in [0.29, 0.717) is 6.41 Å². The molecule has 0 aliphatic rings. The van der Waals surface area contributed by atoms with Gasteiger partial charge < -0.3 is 0 Å². The molecule has 2 heteroatoms. The molecule has 68 valence electrons. The second-order valence-electron chi connectivity index (χ2n) is 2.81. The zero-order valence-corrected chi connectivity index (χ0v) is 7.52. The molecule has 0 saturated heterocycles. The summed E-state index contributed by atoms with van der Waals surface area (Å²) < 4.78 is 0. The first-order valence-corrected chi connectivity index (χ1v) is 4.42. The zero-order chi connectivity index (χ0) is 9.36. The summed E-state index contributed by atoms with van der Waals surface area (Å²) in [6, 6.07) is 10.3. The Bertz CT molecular complexity index is 267. The maximum absolute atomic E-state index is 9.84. The molecule has 0 atom stereocenters. The third-order valence-electron chi connectivity index (χ3n) is 1.81. The van der Waals surface area contributed by atoms with Gasteiger partial charge in [-0.1, -0.05) is 30.3 Å². The van der Waals surface area contributed by atoms with Crippen molar-refractivity contribution in [2.45, 2.75) is 19.3 Å². The largest absolute Gasteiger partial charge is 0.276 e. The average molecular weight is 175 g/mol. The highest BCUT2D eigenvalue weighted by atomic mass is 16.1. The van der Waals surface area contributed by atoms with E-state index in [1.165, 1.54) is 5.56 Å². The summed E-state index contributed by atoms with van der Waals surface area (Å²) in [4.78, 5) is 13.3. The molecule has 0 saturated carbocycles. The van der Waals surface area contributed by atoms with Crippen molar-refractivity contribution >= 4 is 12.6 Å². The van der Waals surface area contributed by atoms with E-state index in [1.54, 1.807) is 6.21 Å². The SMILES string of the molecule is O=C/N=C/CCCc1ccccc1. The zero-order valence-electron chi connectivity index (χ0n) is 7.52. The van der Waals surface area contributed by atoms with Gasteiger partial charge in [-0.15, -0.1) is 0 Å². The number of aliphatic imine (C=N–C) groups is 1. The van der Waals surface area contributed by atoms with Gasteiger partial charge in [0, 0.05) is 6.21 Å². The lowest BCUT2D eigenvalue weighted by Crippen LogP contribution is -1.85. The summed E-state index contributed by atoms with van der Waals surface area (Å²) in [6.45, 7) is 0. The van der Waals surface area contributed by atoms with Crippen LogP contribution in [0, 0.1) is 0 Å². The monoisotopic (exact) mass is 175 g/mol. The number of hydrogen-bond donors (Lipinski definition) is 0. The Morgan fingerprint density at radius 3 is 2.69 bits per heavy atom. The fourth-order valence-corrected chi connectivity index (χ4v) is 1.16. The molecular formula is C11H13NO. The molecule has 0 bridgehead atoms. The van der Waals surface area contributed by atoms with Crippen molar-refractivity contribution in [2.75, 3.05) is 0 Å². The van der Waals surface area contributed by atoms with E-state index in [0.717, 1.165) is 19.3 Å². The van der Waals surface area contributed by atoms with Crippen LogP contribution in [-0.2, 0) is 11.2 Å². The molecule has 0 fully saturated rings. The van der Waals surface area contributed by atoms with Crippen LogP contribution in [0.5, 0.6) is 0 Å². The van der Waals surface area contributed by atoms with Crippen molar-refractivity contribution in [3.63, 3.8) is 0 Å². The summed E-state index contributed by atoms with van der Waals surface area (Å²) in [5.74, 6) is 0. The topological polar surface area (TPSA) is 29.4 Å². The Morgan fingerprint density at radius 2 is 2.00 bits per heavy atom. The van der Waals surface area contributed by atoms with Crippen molar-refractivity contribution in [2.24, 2.45) is 4.99 Å². The van der Waals surface area contributed by atoms with E-state index in [2.05, 4.69) is 17.1 Å². The van der Waals surface area contributed by atoms with Crippen LogP contribution in [0.15, 0.2) is 35.3 Å². The first-order chi connectivity index (χ1) is 6.43. The molecule has 1 amide bonds. The molecule has 2 nitrogen and oxygen atoms in total. The minimum atomic E-state index is 0.572. The van der Waals surface area contributed by atoms with Crippen molar-refractivity contribution in [3.05, 3.63) is 35.9 Å². The van der Waals surface area contributed by atoms with Gasteiger partial charge in [-0.3, -0.25) is 4.79 Å². The van der Waals surface area contributed by atoms with Gasteiger partial charge in [0.2, 0.25) is 6.41 Å². The van der Waals surface area contributed by atoms with E-state index in [9.17, 15) is 4.79 Å². The standard InChI is InChI=1S/C11H13NO/c13-10-12-9-5-4-8-11-6-2-1-3-7-11/h1-3,6-7,9-10H,4-5,8H2/b12-9+. The highest BCUT2D eigenvalue weighted by molar-refractivity contribution is 5.69. The molecule has 0 spiro atoms. The van der Waals surface area contributed by atoms with Gasteiger partial charge in [-0.25, -0.2) is 4.99 Å². The summed E-state index contributed by atoms with van der Waals surface area (Å²) in [7, 11) is 0. The number of nitrogens with zero attached hydrogens (tertiary/aromatic N) is 1. The third kappa shape index (κ3) is 4.21. The van der Waals surface area contributed by atoms with Crippen LogP contribution in [-0.4, -0.2) is 12.6 Å². The number of carbonyl (C=O) groups is 1. The van der Waals surface area contributed by atoms with Crippen LogP contribution in [0.25, 0.3) is 0 Å². The molecule has 0 aromatic heterocycles. The van der Waals surface area contributed by atoms with Gasteiger partial charge in [0.25, 0.3) is 0 Å². The molecule has 1 rings (SSSR count).